The molecule has 2 aromatic heterocycles. The zero-order valence-corrected chi connectivity index (χ0v) is 25.0. The molecule has 0 atom stereocenters. The van der Waals surface area contributed by atoms with Gasteiger partial charge in [-0.2, -0.15) is 5.10 Å². The molecule has 3 aromatic rings. The van der Waals surface area contributed by atoms with Crippen LogP contribution in [0.3, 0.4) is 0 Å². The molecule has 0 aliphatic heterocycles. The van der Waals surface area contributed by atoms with Crippen LogP contribution in [0, 0.1) is 12.7 Å². The number of carboxylic acid groups (broad SMARTS) is 1. The fourth-order valence-corrected chi connectivity index (χ4v) is 3.35. The van der Waals surface area contributed by atoms with Crippen LogP contribution >= 0.6 is 0 Å². The fraction of sp³-hybridized carbons (Fsp3) is 0.323. The van der Waals surface area contributed by atoms with Crippen molar-refractivity contribution in [1.29, 1.82) is 0 Å². The first-order chi connectivity index (χ1) is 19.3. The highest BCUT2D eigenvalue weighted by atomic mass is 19.1. The molecule has 0 aliphatic rings. The average molecular weight is 555 g/mol. The summed E-state index contributed by atoms with van der Waals surface area (Å²) in [6, 6.07) is 10.3. The van der Waals surface area contributed by atoms with Crippen LogP contribution in [0.15, 0.2) is 66.8 Å². The third-order valence-electron chi connectivity index (χ3n) is 5.03. The Morgan fingerprint density at radius 3 is 2.17 bits per heavy atom. The molecule has 0 bridgehead atoms. The molecule has 0 saturated carbocycles. The Morgan fingerprint density at radius 2 is 1.68 bits per heavy atom. The quantitative estimate of drug-likeness (QED) is 0.217. The van der Waals surface area contributed by atoms with Crippen LogP contribution in [-0.4, -0.2) is 47.7 Å². The number of ether oxygens (including phenoxy) is 2. The van der Waals surface area contributed by atoms with Crippen molar-refractivity contribution >= 4 is 23.7 Å². The number of allylic oxidation sites excluding steroid dienone is 6. The zero-order valence-electron chi connectivity index (χ0n) is 25.0. The predicted octanol–water partition coefficient (Wildman–Crippen LogP) is 7.69. The minimum atomic E-state index is -0.269. The van der Waals surface area contributed by atoms with E-state index in [-0.39, 0.29) is 12.3 Å². The van der Waals surface area contributed by atoms with Gasteiger partial charge in [0.15, 0.2) is 0 Å². The van der Waals surface area contributed by atoms with E-state index in [4.69, 9.17) is 19.7 Å². The second-order valence-corrected chi connectivity index (χ2v) is 7.79. The average Bonchev–Trinajstić information content (AvgIpc) is 3.32. The summed E-state index contributed by atoms with van der Waals surface area (Å²) in [5, 5.41) is 15.3. The van der Waals surface area contributed by atoms with E-state index in [1.54, 1.807) is 33.5 Å². The van der Waals surface area contributed by atoms with Gasteiger partial charge < -0.3 is 19.9 Å². The number of hydrogen-bond acceptors (Lipinski definition) is 6. The Balaban J connectivity index is 0.00000171. The summed E-state index contributed by atoms with van der Waals surface area (Å²) in [6.07, 6.45) is 10.6. The summed E-state index contributed by atoms with van der Waals surface area (Å²) in [6.45, 7) is 11.7. The number of aryl methyl sites for hydroxylation is 2. The topological polar surface area (TPSA) is 98.5 Å². The standard InChI is InChI=1S/C26H29FN4O.C2H6O.C2H6.CH2O2/c1-6-8-9-10-11-18(3)31-26(29-23-16-17-24(32-5)28-19(23)4)25(22(7-2)30-31)20-12-14-21(27)15-13-20;1-3-2;1-2;2-1-3/h6,8-17,29H,7H2,1-5H3;1-2H3;1-2H3;1H,(H,2,3)/b8-6+,10-9-,18-11+;;;. The fourth-order valence-electron chi connectivity index (χ4n) is 3.35. The molecule has 1 aromatic carbocycles. The van der Waals surface area contributed by atoms with E-state index in [1.165, 1.54) is 12.1 Å². The molecular formula is C31H43FN4O4. The molecule has 0 unspecified atom stereocenters. The molecule has 8 nitrogen and oxygen atoms in total. The smallest absolute Gasteiger partial charge is 0.290 e. The molecule has 2 N–H and O–H groups in total. The van der Waals surface area contributed by atoms with Gasteiger partial charge >= 0.3 is 0 Å². The molecule has 218 valence electrons. The highest BCUT2D eigenvalue weighted by molar-refractivity contribution is 5.83. The number of methoxy groups -OCH3 is 2. The maximum atomic E-state index is 13.6. The van der Waals surface area contributed by atoms with Crippen molar-refractivity contribution in [2.45, 2.75) is 48.0 Å². The summed E-state index contributed by atoms with van der Waals surface area (Å²) in [4.78, 5) is 12.8. The van der Waals surface area contributed by atoms with Crippen molar-refractivity contribution in [2.24, 2.45) is 0 Å². The van der Waals surface area contributed by atoms with Gasteiger partial charge in [0.1, 0.15) is 11.6 Å². The maximum Gasteiger partial charge on any atom is 0.290 e. The lowest BCUT2D eigenvalue weighted by Gasteiger charge is -2.15. The first-order valence-corrected chi connectivity index (χ1v) is 12.9. The largest absolute Gasteiger partial charge is 0.483 e. The molecule has 0 radical (unpaired) electrons. The van der Waals surface area contributed by atoms with E-state index in [0.717, 1.165) is 46.1 Å². The van der Waals surface area contributed by atoms with Crippen molar-refractivity contribution in [3.05, 3.63) is 84.0 Å². The highest BCUT2D eigenvalue weighted by Crippen LogP contribution is 2.36. The van der Waals surface area contributed by atoms with Crippen molar-refractivity contribution in [2.75, 3.05) is 26.6 Å². The van der Waals surface area contributed by atoms with Crippen LogP contribution < -0.4 is 10.1 Å². The lowest BCUT2D eigenvalue weighted by atomic mass is 10.0. The second kappa shape index (κ2) is 20.7. The number of anilines is 2. The molecule has 0 spiro atoms. The minimum Gasteiger partial charge on any atom is -0.483 e. The third-order valence-corrected chi connectivity index (χ3v) is 5.03. The van der Waals surface area contributed by atoms with Crippen LogP contribution in [0.25, 0.3) is 16.8 Å². The van der Waals surface area contributed by atoms with Crippen LogP contribution in [0.5, 0.6) is 5.88 Å². The Bertz CT molecular complexity index is 1230. The van der Waals surface area contributed by atoms with Gasteiger partial charge in [-0.05, 0) is 57.0 Å². The van der Waals surface area contributed by atoms with Gasteiger partial charge in [-0.25, -0.2) is 14.1 Å². The molecule has 9 heteroatoms. The molecule has 0 amide bonds. The Hall–Kier alpha value is -4.24. The lowest BCUT2D eigenvalue weighted by Crippen LogP contribution is -2.05. The lowest BCUT2D eigenvalue weighted by molar-refractivity contribution is -0.122. The molecular weight excluding hydrogens is 511 g/mol. The van der Waals surface area contributed by atoms with E-state index >= 15 is 0 Å². The minimum absolute atomic E-state index is 0.250. The number of carbonyl (C=O) groups is 1. The van der Waals surface area contributed by atoms with Crippen molar-refractivity contribution < 1.29 is 23.8 Å². The Kier molecular flexibility index (Phi) is 18.5. The number of aromatic nitrogens is 3. The second-order valence-electron chi connectivity index (χ2n) is 7.79. The summed E-state index contributed by atoms with van der Waals surface area (Å²) in [5.74, 6) is 1.09. The molecule has 0 saturated heterocycles. The number of pyridine rings is 1. The number of nitrogens with one attached hydrogen (secondary N) is 1. The van der Waals surface area contributed by atoms with Gasteiger partial charge in [-0.15, -0.1) is 0 Å². The Labute approximate surface area is 237 Å². The first-order valence-electron chi connectivity index (χ1n) is 12.9. The Morgan fingerprint density at radius 1 is 1.07 bits per heavy atom. The number of benzene rings is 1. The normalized spacial score (nSPS) is 10.6. The third kappa shape index (κ3) is 11.2. The van der Waals surface area contributed by atoms with E-state index in [0.29, 0.717) is 5.88 Å². The van der Waals surface area contributed by atoms with Crippen molar-refractivity contribution in [1.82, 2.24) is 14.8 Å². The number of nitrogens with zero attached hydrogens (tertiary/aromatic N) is 3. The molecule has 0 fully saturated rings. The molecule has 2 heterocycles. The van der Waals surface area contributed by atoms with Gasteiger partial charge in [0.25, 0.3) is 6.47 Å². The summed E-state index contributed by atoms with van der Waals surface area (Å²) in [5.41, 5.74) is 5.34. The van der Waals surface area contributed by atoms with Crippen LogP contribution in [0.4, 0.5) is 15.9 Å². The first kappa shape index (κ1) is 35.8. The van der Waals surface area contributed by atoms with Gasteiger partial charge in [0.2, 0.25) is 5.88 Å². The monoisotopic (exact) mass is 554 g/mol. The summed E-state index contributed by atoms with van der Waals surface area (Å²) in [7, 11) is 4.85. The van der Waals surface area contributed by atoms with Gasteiger partial charge in [-0.1, -0.05) is 57.2 Å². The molecule has 0 aliphatic carbocycles. The number of hydrogen-bond donors (Lipinski definition) is 2. The van der Waals surface area contributed by atoms with Crippen LogP contribution in [0.2, 0.25) is 0 Å². The van der Waals surface area contributed by atoms with E-state index in [1.807, 2.05) is 81.8 Å². The van der Waals surface area contributed by atoms with E-state index in [9.17, 15) is 4.39 Å². The zero-order chi connectivity index (χ0) is 30.5. The van der Waals surface area contributed by atoms with Crippen LogP contribution in [-0.2, 0) is 16.0 Å². The van der Waals surface area contributed by atoms with Crippen molar-refractivity contribution in [3.63, 3.8) is 0 Å². The molecule has 3 rings (SSSR count). The summed E-state index contributed by atoms with van der Waals surface area (Å²) < 4.78 is 25.0. The van der Waals surface area contributed by atoms with Gasteiger partial charge in [-0.3, -0.25) is 4.79 Å². The van der Waals surface area contributed by atoms with Gasteiger partial charge in [0, 0.05) is 31.5 Å². The maximum absolute atomic E-state index is 13.6. The van der Waals surface area contributed by atoms with Gasteiger partial charge in [0.05, 0.1) is 24.2 Å². The highest BCUT2D eigenvalue weighted by Gasteiger charge is 2.20. The predicted molar refractivity (Wildman–Crippen MR) is 163 cm³/mol. The van der Waals surface area contributed by atoms with E-state index < -0.39 is 0 Å². The SMILES string of the molecule is C/C=C/C=C\C=C(/C)n1nc(CC)c(-c2ccc(F)cc2)c1Nc1ccc(OC)nc1C.CC.COC.O=CO. The van der Waals surface area contributed by atoms with Crippen LogP contribution in [0.1, 0.15) is 46.0 Å². The summed E-state index contributed by atoms with van der Waals surface area (Å²) >= 11 is 0. The number of rotatable bonds is 8. The molecule has 40 heavy (non-hydrogen) atoms. The van der Waals surface area contributed by atoms with E-state index in [2.05, 4.69) is 22.0 Å². The van der Waals surface area contributed by atoms with Crippen molar-refractivity contribution in [3.8, 4) is 17.0 Å². The number of halogens is 1.